The van der Waals surface area contributed by atoms with Gasteiger partial charge in [-0.2, -0.15) is 0 Å². The molecule has 0 aromatic rings. The Morgan fingerprint density at radius 3 is 2.56 bits per heavy atom. The van der Waals surface area contributed by atoms with Crippen molar-refractivity contribution in [3.8, 4) is 0 Å². The van der Waals surface area contributed by atoms with Gasteiger partial charge in [-0.15, -0.1) is 0 Å². The number of methoxy groups -OCH3 is 1. The van der Waals surface area contributed by atoms with E-state index in [1.165, 1.54) is 32.5 Å². The van der Waals surface area contributed by atoms with Crippen LogP contribution in [0.15, 0.2) is 0 Å². The van der Waals surface area contributed by atoms with Crippen LogP contribution >= 0.6 is 0 Å². The maximum Gasteiger partial charge on any atom is 0.227 e. The SMILES string of the molecule is COCCCN1CCC(N2CCC[C@@H](C(=O)N3CCOCC3)C2)CC1. The second kappa shape index (κ2) is 9.86. The maximum absolute atomic E-state index is 12.8. The van der Waals surface area contributed by atoms with Crippen LogP contribution in [-0.4, -0.2) is 99.4 Å². The maximum atomic E-state index is 12.8. The van der Waals surface area contributed by atoms with Gasteiger partial charge in [0.1, 0.15) is 0 Å². The molecule has 144 valence electrons. The van der Waals surface area contributed by atoms with Gasteiger partial charge in [-0.25, -0.2) is 0 Å². The number of morpholine rings is 1. The summed E-state index contributed by atoms with van der Waals surface area (Å²) in [5.74, 6) is 0.566. The van der Waals surface area contributed by atoms with Crippen LogP contribution in [0.2, 0.25) is 0 Å². The Balaban J connectivity index is 1.43. The second-order valence-corrected chi connectivity index (χ2v) is 7.69. The summed E-state index contributed by atoms with van der Waals surface area (Å²) in [6.45, 7) is 9.46. The quantitative estimate of drug-likeness (QED) is 0.668. The predicted molar refractivity (Wildman–Crippen MR) is 97.7 cm³/mol. The molecule has 0 unspecified atom stereocenters. The van der Waals surface area contributed by atoms with Gasteiger partial charge in [0.2, 0.25) is 5.91 Å². The van der Waals surface area contributed by atoms with E-state index in [2.05, 4.69) is 9.80 Å². The zero-order valence-electron chi connectivity index (χ0n) is 15.8. The van der Waals surface area contributed by atoms with E-state index in [0.29, 0.717) is 25.2 Å². The number of hydrogen-bond acceptors (Lipinski definition) is 5. The molecular weight excluding hydrogens is 318 g/mol. The van der Waals surface area contributed by atoms with Crippen molar-refractivity contribution in [3.05, 3.63) is 0 Å². The Morgan fingerprint density at radius 2 is 1.84 bits per heavy atom. The molecular formula is C19H35N3O3. The van der Waals surface area contributed by atoms with Crippen LogP contribution in [0.4, 0.5) is 0 Å². The molecule has 3 aliphatic heterocycles. The van der Waals surface area contributed by atoms with Gasteiger partial charge in [0.05, 0.1) is 19.1 Å². The lowest BCUT2D eigenvalue weighted by Crippen LogP contribution is -2.52. The van der Waals surface area contributed by atoms with Gasteiger partial charge in [-0.05, 0) is 51.7 Å². The lowest BCUT2D eigenvalue weighted by molar-refractivity contribution is -0.142. The van der Waals surface area contributed by atoms with E-state index >= 15 is 0 Å². The van der Waals surface area contributed by atoms with Crippen molar-refractivity contribution in [2.24, 2.45) is 5.92 Å². The summed E-state index contributed by atoms with van der Waals surface area (Å²) in [6.07, 6.45) is 5.83. The molecule has 0 bridgehead atoms. The molecule has 3 saturated heterocycles. The van der Waals surface area contributed by atoms with Crippen LogP contribution in [0.25, 0.3) is 0 Å². The minimum absolute atomic E-state index is 0.201. The van der Waals surface area contributed by atoms with Crippen LogP contribution < -0.4 is 0 Å². The summed E-state index contributed by atoms with van der Waals surface area (Å²) < 4.78 is 10.5. The van der Waals surface area contributed by atoms with Crippen molar-refractivity contribution >= 4 is 5.91 Å². The summed E-state index contributed by atoms with van der Waals surface area (Å²) >= 11 is 0. The smallest absolute Gasteiger partial charge is 0.227 e. The monoisotopic (exact) mass is 353 g/mol. The number of carbonyl (C=O) groups excluding carboxylic acids is 1. The number of piperidine rings is 2. The van der Waals surface area contributed by atoms with Crippen LogP contribution in [0.3, 0.4) is 0 Å². The van der Waals surface area contributed by atoms with Crippen molar-refractivity contribution in [1.29, 1.82) is 0 Å². The molecule has 0 N–H and O–H groups in total. The standard InChI is InChI=1S/C19H35N3O3/c1-24-13-3-7-20-9-5-18(6-10-20)22-8-2-4-17(16-22)19(23)21-11-14-25-15-12-21/h17-18H,2-16H2,1H3/t17-/m1/s1. The van der Waals surface area contributed by atoms with Gasteiger partial charge >= 0.3 is 0 Å². The van der Waals surface area contributed by atoms with Gasteiger partial charge in [0.25, 0.3) is 0 Å². The molecule has 0 aliphatic carbocycles. The van der Waals surface area contributed by atoms with E-state index in [4.69, 9.17) is 9.47 Å². The van der Waals surface area contributed by atoms with Gasteiger partial charge in [-0.3, -0.25) is 9.69 Å². The van der Waals surface area contributed by atoms with E-state index < -0.39 is 0 Å². The summed E-state index contributed by atoms with van der Waals surface area (Å²) in [4.78, 5) is 20.0. The minimum atomic E-state index is 0.201. The molecule has 3 aliphatic rings. The molecule has 0 saturated carbocycles. The van der Waals surface area contributed by atoms with Crippen LogP contribution in [0.5, 0.6) is 0 Å². The fourth-order valence-electron chi connectivity index (χ4n) is 4.52. The summed E-state index contributed by atoms with van der Waals surface area (Å²) in [5, 5.41) is 0. The highest BCUT2D eigenvalue weighted by atomic mass is 16.5. The molecule has 3 rings (SSSR count). The van der Waals surface area contributed by atoms with Crippen LogP contribution in [-0.2, 0) is 14.3 Å². The van der Waals surface area contributed by atoms with Crippen LogP contribution in [0.1, 0.15) is 32.1 Å². The topological polar surface area (TPSA) is 45.2 Å². The van der Waals surface area contributed by atoms with Gasteiger partial charge < -0.3 is 19.3 Å². The first-order valence-electron chi connectivity index (χ1n) is 10.1. The molecule has 1 amide bonds. The first-order chi connectivity index (χ1) is 12.3. The van der Waals surface area contributed by atoms with Crippen molar-refractivity contribution in [1.82, 2.24) is 14.7 Å². The van der Waals surface area contributed by atoms with Gasteiger partial charge in [0.15, 0.2) is 0 Å². The van der Waals surface area contributed by atoms with Crippen molar-refractivity contribution in [2.75, 3.05) is 72.7 Å². The largest absolute Gasteiger partial charge is 0.385 e. The van der Waals surface area contributed by atoms with E-state index in [1.807, 2.05) is 4.90 Å². The van der Waals surface area contributed by atoms with Crippen molar-refractivity contribution in [3.63, 3.8) is 0 Å². The Kier molecular flexibility index (Phi) is 7.52. The number of carbonyl (C=O) groups is 1. The summed E-state index contributed by atoms with van der Waals surface area (Å²) in [5.41, 5.74) is 0. The van der Waals surface area contributed by atoms with Crippen molar-refractivity contribution < 1.29 is 14.3 Å². The lowest BCUT2D eigenvalue weighted by atomic mass is 9.92. The average molecular weight is 354 g/mol. The minimum Gasteiger partial charge on any atom is -0.385 e. The Hall–Kier alpha value is -0.690. The molecule has 3 fully saturated rings. The first-order valence-corrected chi connectivity index (χ1v) is 10.1. The molecule has 0 aromatic carbocycles. The number of rotatable bonds is 6. The van der Waals surface area contributed by atoms with E-state index in [1.54, 1.807) is 7.11 Å². The fraction of sp³-hybridized carbons (Fsp3) is 0.947. The molecule has 0 radical (unpaired) electrons. The van der Waals surface area contributed by atoms with Crippen LogP contribution in [0, 0.1) is 5.92 Å². The number of likely N-dealkylation sites (tertiary alicyclic amines) is 2. The van der Waals surface area contributed by atoms with Gasteiger partial charge in [-0.1, -0.05) is 0 Å². The van der Waals surface area contributed by atoms with E-state index in [0.717, 1.165) is 52.0 Å². The first kappa shape index (κ1) is 19.1. The predicted octanol–water partition coefficient (Wildman–Crippen LogP) is 1.06. The Morgan fingerprint density at radius 1 is 1.08 bits per heavy atom. The molecule has 0 aromatic heterocycles. The van der Waals surface area contributed by atoms with Crippen molar-refractivity contribution in [2.45, 2.75) is 38.1 Å². The summed E-state index contributed by atoms with van der Waals surface area (Å²) in [6, 6.07) is 0.666. The number of ether oxygens (including phenoxy) is 2. The van der Waals surface area contributed by atoms with Gasteiger partial charge in [0, 0.05) is 45.9 Å². The fourth-order valence-corrected chi connectivity index (χ4v) is 4.52. The van der Waals surface area contributed by atoms with E-state index in [9.17, 15) is 4.79 Å². The highest BCUT2D eigenvalue weighted by molar-refractivity contribution is 5.79. The zero-order valence-corrected chi connectivity index (χ0v) is 15.8. The van der Waals surface area contributed by atoms with E-state index in [-0.39, 0.29) is 5.92 Å². The Labute approximate surface area is 152 Å². The normalized spacial score (nSPS) is 27.6. The highest BCUT2D eigenvalue weighted by Crippen LogP contribution is 2.25. The molecule has 0 spiro atoms. The average Bonchev–Trinajstić information content (AvgIpc) is 2.69. The third-order valence-corrected chi connectivity index (χ3v) is 6.02. The third-order valence-electron chi connectivity index (χ3n) is 6.02. The number of hydrogen-bond donors (Lipinski definition) is 0. The third kappa shape index (κ3) is 5.39. The lowest BCUT2D eigenvalue weighted by Gasteiger charge is -2.43. The second-order valence-electron chi connectivity index (χ2n) is 7.69. The Bertz CT molecular complexity index is 407. The molecule has 6 heteroatoms. The number of amides is 1. The molecule has 6 nitrogen and oxygen atoms in total. The highest BCUT2D eigenvalue weighted by Gasteiger charge is 2.33. The molecule has 1 atom stereocenters. The summed E-state index contributed by atoms with van der Waals surface area (Å²) in [7, 11) is 1.78. The molecule has 25 heavy (non-hydrogen) atoms. The zero-order chi connectivity index (χ0) is 17.5. The molecule has 3 heterocycles. The number of nitrogens with zero attached hydrogens (tertiary/aromatic N) is 3.